The van der Waals surface area contributed by atoms with E-state index in [-0.39, 0.29) is 12.4 Å². The Morgan fingerprint density at radius 2 is 1.88 bits per heavy atom. The summed E-state index contributed by atoms with van der Waals surface area (Å²) in [6.07, 6.45) is 0.160. The van der Waals surface area contributed by atoms with Gasteiger partial charge in [0.15, 0.2) is 0 Å². The van der Waals surface area contributed by atoms with Crippen LogP contribution in [0.2, 0.25) is 0 Å². The number of methoxy groups -OCH3 is 2. The maximum absolute atomic E-state index is 11.3. The molecule has 0 bridgehead atoms. The van der Waals surface area contributed by atoms with E-state index in [2.05, 4.69) is 9.47 Å². The number of carbonyl (C=O) groups is 2. The average molecular weight is 222 g/mol. The highest BCUT2D eigenvalue weighted by Crippen LogP contribution is 2.13. The van der Waals surface area contributed by atoms with Gasteiger partial charge in [-0.05, 0) is 30.2 Å². The lowest BCUT2D eigenvalue weighted by Crippen LogP contribution is -2.08. The Hall–Kier alpha value is -1.84. The van der Waals surface area contributed by atoms with Crippen LogP contribution >= 0.6 is 0 Å². The molecular formula is C12H14O4. The average Bonchev–Trinajstić information content (AvgIpc) is 2.30. The van der Waals surface area contributed by atoms with Gasteiger partial charge in [0, 0.05) is 0 Å². The van der Waals surface area contributed by atoms with E-state index >= 15 is 0 Å². The number of esters is 2. The molecule has 0 saturated carbocycles. The SMILES string of the molecule is COC(=O)Cc1cc(C(=O)OC)ccc1C. The molecule has 16 heavy (non-hydrogen) atoms. The first kappa shape index (κ1) is 12.2. The van der Waals surface area contributed by atoms with Crippen molar-refractivity contribution >= 4 is 11.9 Å². The summed E-state index contributed by atoms with van der Waals surface area (Å²) < 4.78 is 9.19. The zero-order chi connectivity index (χ0) is 12.1. The van der Waals surface area contributed by atoms with Gasteiger partial charge in [-0.2, -0.15) is 0 Å². The van der Waals surface area contributed by atoms with E-state index in [1.165, 1.54) is 14.2 Å². The van der Waals surface area contributed by atoms with Crippen LogP contribution in [0.15, 0.2) is 18.2 Å². The van der Waals surface area contributed by atoms with Crippen molar-refractivity contribution in [1.29, 1.82) is 0 Å². The number of hydrogen-bond acceptors (Lipinski definition) is 4. The predicted molar refractivity (Wildman–Crippen MR) is 58.2 cm³/mol. The first-order chi connectivity index (χ1) is 7.58. The molecule has 1 aromatic rings. The van der Waals surface area contributed by atoms with Crippen molar-refractivity contribution < 1.29 is 19.1 Å². The van der Waals surface area contributed by atoms with Crippen molar-refractivity contribution in [3.8, 4) is 0 Å². The fourth-order valence-electron chi connectivity index (χ4n) is 1.33. The summed E-state index contributed by atoms with van der Waals surface area (Å²) in [6, 6.07) is 5.10. The van der Waals surface area contributed by atoms with E-state index in [1.807, 2.05) is 6.92 Å². The van der Waals surface area contributed by atoms with Gasteiger partial charge < -0.3 is 9.47 Å². The fraction of sp³-hybridized carbons (Fsp3) is 0.333. The Bertz CT molecular complexity index is 409. The Kier molecular flexibility index (Phi) is 4.05. The maximum Gasteiger partial charge on any atom is 0.337 e. The molecule has 0 saturated heterocycles. The number of carbonyl (C=O) groups excluding carboxylic acids is 2. The lowest BCUT2D eigenvalue weighted by atomic mass is 10.0. The molecule has 0 atom stereocenters. The molecule has 1 aromatic carbocycles. The quantitative estimate of drug-likeness (QED) is 0.727. The number of hydrogen-bond donors (Lipinski definition) is 0. The first-order valence-corrected chi connectivity index (χ1v) is 4.83. The van der Waals surface area contributed by atoms with Crippen molar-refractivity contribution in [1.82, 2.24) is 0 Å². The van der Waals surface area contributed by atoms with Crippen molar-refractivity contribution in [2.24, 2.45) is 0 Å². The van der Waals surface area contributed by atoms with Crippen LogP contribution in [0.3, 0.4) is 0 Å². The van der Waals surface area contributed by atoms with Crippen molar-refractivity contribution in [3.63, 3.8) is 0 Å². The Balaban J connectivity index is 2.99. The van der Waals surface area contributed by atoms with Gasteiger partial charge in [0.2, 0.25) is 0 Å². The van der Waals surface area contributed by atoms with Gasteiger partial charge in [0.1, 0.15) is 0 Å². The number of rotatable bonds is 3. The zero-order valence-corrected chi connectivity index (χ0v) is 9.57. The third-order valence-corrected chi connectivity index (χ3v) is 2.33. The van der Waals surface area contributed by atoms with E-state index in [0.717, 1.165) is 11.1 Å². The highest BCUT2D eigenvalue weighted by Gasteiger charge is 2.10. The van der Waals surface area contributed by atoms with Crippen LogP contribution in [0.5, 0.6) is 0 Å². The molecule has 4 nitrogen and oxygen atoms in total. The van der Waals surface area contributed by atoms with E-state index in [1.54, 1.807) is 18.2 Å². The second-order valence-electron chi connectivity index (χ2n) is 3.39. The smallest absolute Gasteiger partial charge is 0.337 e. The lowest BCUT2D eigenvalue weighted by Gasteiger charge is -2.06. The summed E-state index contributed by atoms with van der Waals surface area (Å²) in [7, 11) is 2.66. The molecule has 4 heteroatoms. The van der Waals surface area contributed by atoms with Crippen LogP contribution in [-0.2, 0) is 20.7 Å². The van der Waals surface area contributed by atoms with Gasteiger partial charge >= 0.3 is 11.9 Å². The first-order valence-electron chi connectivity index (χ1n) is 4.83. The molecule has 0 heterocycles. The molecule has 0 fully saturated rings. The van der Waals surface area contributed by atoms with Crippen LogP contribution in [0.1, 0.15) is 21.5 Å². The van der Waals surface area contributed by atoms with Gasteiger partial charge in [0.25, 0.3) is 0 Å². The molecule has 0 unspecified atom stereocenters. The van der Waals surface area contributed by atoms with Crippen molar-refractivity contribution in [2.75, 3.05) is 14.2 Å². The molecule has 0 aromatic heterocycles. The largest absolute Gasteiger partial charge is 0.469 e. The molecule has 0 N–H and O–H groups in total. The van der Waals surface area contributed by atoms with E-state index in [0.29, 0.717) is 5.56 Å². The summed E-state index contributed by atoms with van der Waals surface area (Å²) in [5.41, 5.74) is 2.15. The molecule has 0 aliphatic carbocycles. The van der Waals surface area contributed by atoms with Gasteiger partial charge in [-0.1, -0.05) is 6.07 Å². The minimum absolute atomic E-state index is 0.160. The Morgan fingerprint density at radius 1 is 1.19 bits per heavy atom. The highest BCUT2D eigenvalue weighted by molar-refractivity contribution is 5.90. The number of ether oxygens (including phenoxy) is 2. The normalized spacial score (nSPS) is 9.69. The van der Waals surface area contributed by atoms with Gasteiger partial charge in [-0.15, -0.1) is 0 Å². The summed E-state index contributed by atoms with van der Waals surface area (Å²) in [5, 5.41) is 0. The zero-order valence-electron chi connectivity index (χ0n) is 9.57. The van der Waals surface area contributed by atoms with Gasteiger partial charge in [-0.25, -0.2) is 4.79 Å². The Morgan fingerprint density at radius 3 is 2.44 bits per heavy atom. The predicted octanol–water partition coefficient (Wildman–Crippen LogP) is 1.50. The van der Waals surface area contributed by atoms with E-state index in [4.69, 9.17) is 0 Å². The van der Waals surface area contributed by atoms with Crippen LogP contribution in [0.25, 0.3) is 0 Å². The summed E-state index contributed by atoms with van der Waals surface area (Å²) in [6.45, 7) is 1.87. The minimum atomic E-state index is -0.411. The van der Waals surface area contributed by atoms with E-state index in [9.17, 15) is 9.59 Å². The second kappa shape index (κ2) is 5.30. The summed E-state index contributed by atoms with van der Waals surface area (Å²) in [5.74, 6) is -0.740. The lowest BCUT2D eigenvalue weighted by molar-refractivity contribution is -0.139. The standard InChI is InChI=1S/C12H14O4/c1-8-4-5-9(12(14)16-3)6-10(8)7-11(13)15-2/h4-6H,7H2,1-3H3. The third kappa shape index (κ3) is 2.82. The molecule has 86 valence electrons. The van der Waals surface area contributed by atoms with Crippen LogP contribution < -0.4 is 0 Å². The van der Waals surface area contributed by atoms with Crippen LogP contribution in [0, 0.1) is 6.92 Å². The van der Waals surface area contributed by atoms with E-state index < -0.39 is 5.97 Å². The second-order valence-corrected chi connectivity index (χ2v) is 3.39. The topological polar surface area (TPSA) is 52.6 Å². The molecule has 0 radical (unpaired) electrons. The minimum Gasteiger partial charge on any atom is -0.469 e. The summed E-state index contributed by atoms with van der Waals surface area (Å²) >= 11 is 0. The fourth-order valence-corrected chi connectivity index (χ4v) is 1.33. The number of aryl methyl sites for hydroxylation is 1. The molecule has 0 aliphatic rings. The Labute approximate surface area is 94.2 Å². The molecule has 0 spiro atoms. The van der Waals surface area contributed by atoms with Crippen LogP contribution in [0.4, 0.5) is 0 Å². The molecule has 0 aliphatic heterocycles. The van der Waals surface area contributed by atoms with Crippen LogP contribution in [-0.4, -0.2) is 26.2 Å². The molecule has 1 rings (SSSR count). The van der Waals surface area contributed by atoms with Crippen molar-refractivity contribution in [3.05, 3.63) is 34.9 Å². The number of benzene rings is 1. The molecule has 0 amide bonds. The van der Waals surface area contributed by atoms with Gasteiger partial charge in [0.05, 0.1) is 26.2 Å². The monoisotopic (exact) mass is 222 g/mol. The maximum atomic E-state index is 11.3. The highest BCUT2D eigenvalue weighted by atomic mass is 16.5. The van der Waals surface area contributed by atoms with Gasteiger partial charge in [-0.3, -0.25) is 4.79 Å². The summed E-state index contributed by atoms with van der Waals surface area (Å²) in [4.78, 5) is 22.4. The third-order valence-electron chi connectivity index (χ3n) is 2.33. The molecular weight excluding hydrogens is 208 g/mol. The van der Waals surface area contributed by atoms with Crippen molar-refractivity contribution in [2.45, 2.75) is 13.3 Å².